The zero-order chi connectivity index (χ0) is 16.9. The molecule has 2 N–H and O–H groups in total. The maximum absolute atomic E-state index is 12.6. The average molecular weight is 344 g/mol. The fourth-order valence-electron chi connectivity index (χ4n) is 2.77. The van der Waals surface area contributed by atoms with Gasteiger partial charge in [-0.2, -0.15) is 0 Å². The molecule has 2 aromatic carbocycles. The van der Waals surface area contributed by atoms with Crippen LogP contribution < -0.4 is 10.6 Å². The van der Waals surface area contributed by atoms with Gasteiger partial charge in [0.2, 0.25) is 5.91 Å². The highest BCUT2D eigenvalue weighted by Crippen LogP contribution is 2.29. The Balaban J connectivity index is 1.77. The van der Waals surface area contributed by atoms with Crippen molar-refractivity contribution in [3.8, 4) is 0 Å². The van der Waals surface area contributed by atoms with Crippen LogP contribution in [0, 0.1) is 0 Å². The summed E-state index contributed by atoms with van der Waals surface area (Å²) in [6, 6.07) is 15.7. The second-order valence-electron chi connectivity index (χ2n) is 5.55. The molecule has 1 saturated heterocycles. The van der Waals surface area contributed by atoms with Crippen LogP contribution in [0.5, 0.6) is 0 Å². The number of nitrogens with zero attached hydrogens (tertiary/aromatic N) is 1. The molecule has 3 amide bonds. The fourth-order valence-corrected chi connectivity index (χ4v) is 3.01. The first kappa shape index (κ1) is 16.3. The molecule has 0 aromatic heterocycles. The molecule has 1 aliphatic rings. The lowest BCUT2D eigenvalue weighted by Crippen LogP contribution is -2.54. The molecule has 0 radical (unpaired) electrons. The summed E-state index contributed by atoms with van der Waals surface area (Å²) >= 11 is 6.23. The van der Waals surface area contributed by atoms with Crippen LogP contribution in [0.1, 0.15) is 17.2 Å². The van der Waals surface area contributed by atoms with Gasteiger partial charge in [-0.25, -0.2) is 4.79 Å². The van der Waals surface area contributed by atoms with Gasteiger partial charge in [-0.3, -0.25) is 4.79 Å². The van der Waals surface area contributed by atoms with Gasteiger partial charge in [0.05, 0.1) is 0 Å². The van der Waals surface area contributed by atoms with Crippen molar-refractivity contribution in [1.82, 2.24) is 15.5 Å². The van der Waals surface area contributed by atoms with Crippen molar-refractivity contribution >= 4 is 23.5 Å². The SMILES string of the molecule is O=C1NCCN(C(=O)NCc2ccccc2)C1c1ccccc1Cl. The van der Waals surface area contributed by atoms with E-state index in [1.807, 2.05) is 36.4 Å². The van der Waals surface area contributed by atoms with Crippen molar-refractivity contribution in [1.29, 1.82) is 0 Å². The van der Waals surface area contributed by atoms with Crippen molar-refractivity contribution in [3.63, 3.8) is 0 Å². The molecular formula is C18H18ClN3O2. The molecule has 3 rings (SSSR count). The van der Waals surface area contributed by atoms with Gasteiger partial charge in [0, 0.05) is 30.2 Å². The molecule has 1 fully saturated rings. The summed E-state index contributed by atoms with van der Waals surface area (Å²) in [7, 11) is 0. The zero-order valence-electron chi connectivity index (χ0n) is 13.0. The van der Waals surface area contributed by atoms with E-state index in [4.69, 9.17) is 11.6 Å². The predicted octanol–water partition coefficient (Wildman–Crippen LogP) is 2.72. The van der Waals surface area contributed by atoms with Crippen molar-refractivity contribution in [2.45, 2.75) is 12.6 Å². The lowest BCUT2D eigenvalue weighted by molar-refractivity contribution is -0.127. The number of carbonyl (C=O) groups excluding carboxylic acids is 2. The summed E-state index contributed by atoms with van der Waals surface area (Å²) in [6.45, 7) is 1.27. The van der Waals surface area contributed by atoms with E-state index in [1.165, 1.54) is 4.90 Å². The Hall–Kier alpha value is -2.53. The van der Waals surface area contributed by atoms with Gasteiger partial charge in [-0.15, -0.1) is 0 Å². The third-order valence-electron chi connectivity index (χ3n) is 3.96. The van der Waals surface area contributed by atoms with Gasteiger partial charge in [0.15, 0.2) is 0 Å². The van der Waals surface area contributed by atoms with Crippen molar-refractivity contribution in [2.75, 3.05) is 13.1 Å². The average Bonchev–Trinajstić information content (AvgIpc) is 2.61. The van der Waals surface area contributed by atoms with E-state index in [0.717, 1.165) is 5.56 Å². The van der Waals surface area contributed by atoms with Crippen LogP contribution >= 0.6 is 11.6 Å². The Bertz CT molecular complexity index is 736. The van der Waals surface area contributed by atoms with E-state index < -0.39 is 6.04 Å². The van der Waals surface area contributed by atoms with Gasteiger partial charge >= 0.3 is 6.03 Å². The number of hydrogen-bond acceptors (Lipinski definition) is 2. The first-order valence-electron chi connectivity index (χ1n) is 7.77. The van der Waals surface area contributed by atoms with Crippen LogP contribution in [-0.4, -0.2) is 29.9 Å². The van der Waals surface area contributed by atoms with Gasteiger partial charge in [-0.1, -0.05) is 60.1 Å². The Morgan fingerprint density at radius 1 is 1.17 bits per heavy atom. The molecule has 0 aliphatic carbocycles. The maximum atomic E-state index is 12.6. The normalized spacial score (nSPS) is 17.3. The number of benzene rings is 2. The van der Waals surface area contributed by atoms with Crippen molar-refractivity contribution < 1.29 is 9.59 Å². The second kappa shape index (κ2) is 7.36. The molecule has 0 spiro atoms. The number of hydrogen-bond donors (Lipinski definition) is 2. The monoisotopic (exact) mass is 343 g/mol. The van der Waals surface area contributed by atoms with E-state index in [0.29, 0.717) is 30.2 Å². The molecule has 2 aromatic rings. The maximum Gasteiger partial charge on any atom is 0.318 e. The number of urea groups is 1. The van der Waals surface area contributed by atoms with E-state index in [-0.39, 0.29) is 11.9 Å². The van der Waals surface area contributed by atoms with Crippen molar-refractivity contribution in [3.05, 3.63) is 70.7 Å². The lowest BCUT2D eigenvalue weighted by Gasteiger charge is -2.35. The number of piperazine rings is 1. The number of amides is 3. The summed E-state index contributed by atoms with van der Waals surface area (Å²) in [5.74, 6) is -0.218. The summed E-state index contributed by atoms with van der Waals surface area (Å²) in [5, 5.41) is 6.14. The topological polar surface area (TPSA) is 61.4 Å². The van der Waals surface area contributed by atoms with Gasteiger partial charge in [0.1, 0.15) is 6.04 Å². The van der Waals surface area contributed by atoms with Gasteiger partial charge < -0.3 is 15.5 Å². The van der Waals surface area contributed by atoms with E-state index in [2.05, 4.69) is 10.6 Å². The van der Waals surface area contributed by atoms with Gasteiger partial charge in [0.25, 0.3) is 0 Å². The molecule has 1 unspecified atom stereocenters. The first-order chi connectivity index (χ1) is 11.7. The largest absolute Gasteiger partial charge is 0.352 e. The van der Waals surface area contributed by atoms with E-state index in [1.54, 1.807) is 18.2 Å². The standard InChI is InChI=1S/C18H18ClN3O2/c19-15-9-5-4-8-14(15)16-17(23)20-10-11-22(16)18(24)21-12-13-6-2-1-3-7-13/h1-9,16H,10-12H2,(H,20,23)(H,21,24). The first-order valence-corrected chi connectivity index (χ1v) is 8.15. The molecule has 1 heterocycles. The summed E-state index contributed by atoms with van der Waals surface area (Å²) in [4.78, 5) is 26.5. The van der Waals surface area contributed by atoms with Crippen LogP contribution in [0.15, 0.2) is 54.6 Å². The molecule has 0 bridgehead atoms. The summed E-state index contributed by atoms with van der Waals surface area (Å²) in [6.07, 6.45) is 0. The van der Waals surface area contributed by atoms with Crippen LogP contribution in [0.25, 0.3) is 0 Å². The molecule has 1 aliphatic heterocycles. The summed E-state index contributed by atoms with van der Waals surface area (Å²) in [5.41, 5.74) is 1.63. The minimum atomic E-state index is -0.719. The Morgan fingerprint density at radius 2 is 1.88 bits per heavy atom. The Kier molecular flexibility index (Phi) is 5.01. The number of rotatable bonds is 3. The zero-order valence-corrected chi connectivity index (χ0v) is 13.8. The van der Waals surface area contributed by atoms with Crippen molar-refractivity contribution in [2.24, 2.45) is 0 Å². The molecule has 124 valence electrons. The molecule has 6 heteroatoms. The molecule has 0 saturated carbocycles. The third-order valence-corrected chi connectivity index (χ3v) is 4.30. The Morgan fingerprint density at radius 3 is 2.62 bits per heavy atom. The lowest BCUT2D eigenvalue weighted by atomic mass is 10.0. The molecule has 24 heavy (non-hydrogen) atoms. The highest BCUT2D eigenvalue weighted by atomic mass is 35.5. The van der Waals surface area contributed by atoms with Crippen LogP contribution in [0.2, 0.25) is 5.02 Å². The summed E-state index contributed by atoms with van der Waals surface area (Å²) < 4.78 is 0. The third kappa shape index (κ3) is 3.51. The minimum absolute atomic E-state index is 0.218. The second-order valence-corrected chi connectivity index (χ2v) is 5.96. The van der Waals surface area contributed by atoms with Crippen LogP contribution in [0.3, 0.4) is 0 Å². The minimum Gasteiger partial charge on any atom is -0.352 e. The quantitative estimate of drug-likeness (QED) is 0.900. The highest BCUT2D eigenvalue weighted by molar-refractivity contribution is 6.31. The van der Waals surface area contributed by atoms with Gasteiger partial charge in [-0.05, 0) is 11.6 Å². The smallest absolute Gasteiger partial charge is 0.318 e. The van der Waals surface area contributed by atoms with Crippen LogP contribution in [0.4, 0.5) is 4.79 Å². The highest BCUT2D eigenvalue weighted by Gasteiger charge is 2.35. The molecule has 5 nitrogen and oxygen atoms in total. The predicted molar refractivity (Wildman–Crippen MR) is 92.6 cm³/mol. The Labute approximate surface area is 145 Å². The number of halogens is 1. The molecule has 1 atom stereocenters. The van der Waals surface area contributed by atoms with Crippen LogP contribution in [-0.2, 0) is 11.3 Å². The number of carbonyl (C=O) groups is 2. The fraction of sp³-hybridized carbons (Fsp3) is 0.222. The van der Waals surface area contributed by atoms with E-state index in [9.17, 15) is 9.59 Å². The molecular weight excluding hydrogens is 326 g/mol. The number of nitrogens with one attached hydrogen (secondary N) is 2. The van der Waals surface area contributed by atoms with E-state index >= 15 is 0 Å².